The summed E-state index contributed by atoms with van der Waals surface area (Å²) in [5, 5.41) is 9.68. The van der Waals surface area contributed by atoms with E-state index in [2.05, 4.69) is 9.97 Å². The van der Waals surface area contributed by atoms with Crippen LogP contribution in [0.5, 0.6) is 5.88 Å². The van der Waals surface area contributed by atoms with Crippen LogP contribution in [0.1, 0.15) is 32.9 Å². The number of hydrogen-bond donors (Lipinski definition) is 2. The van der Waals surface area contributed by atoms with Crippen LogP contribution in [0, 0.1) is 0 Å². The fraction of sp³-hybridized carbons (Fsp3) is 0.136. The van der Waals surface area contributed by atoms with E-state index >= 15 is 0 Å². The molecule has 0 saturated heterocycles. The fourth-order valence-electron chi connectivity index (χ4n) is 2.99. The Morgan fingerprint density at radius 3 is 2.55 bits per heavy atom. The summed E-state index contributed by atoms with van der Waals surface area (Å²) in [7, 11) is 0. The number of rotatable bonds is 7. The zero-order chi connectivity index (χ0) is 20.2. The van der Waals surface area contributed by atoms with E-state index in [0.29, 0.717) is 35.6 Å². The Labute approximate surface area is 170 Å². The topological polar surface area (TPSA) is 96.2 Å². The van der Waals surface area contributed by atoms with Crippen molar-refractivity contribution >= 4 is 17.1 Å². The molecule has 0 unspecified atom stereocenters. The van der Waals surface area contributed by atoms with Gasteiger partial charge in [-0.1, -0.05) is 53.8 Å². The molecule has 29 heavy (non-hydrogen) atoms. The Balaban J connectivity index is 1.36. The summed E-state index contributed by atoms with van der Waals surface area (Å²) in [5.41, 5.74) is 3.17. The van der Waals surface area contributed by atoms with Crippen LogP contribution in [0.4, 0.5) is 0 Å². The highest BCUT2D eigenvalue weighted by atomic mass is 32.1. The molecule has 6 nitrogen and oxygen atoms in total. The van der Waals surface area contributed by atoms with Gasteiger partial charge >= 0.3 is 4.87 Å². The molecule has 2 aromatic carbocycles. The van der Waals surface area contributed by atoms with Crippen LogP contribution in [-0.4, -0.2) is 20.9 Å². The largest absolute Gasteiger partial charge is 0.494 e. The van der Waals surface area contributed by atoms with Crippen LogP contribution in [0.2, 0.25) is 0 Å². The lowest BCUT2D eigenvalue weighted by Gasteiger charge is -2.03. The summed E-state index contributed by atoms with van der Waals surface area (Å²) in [4.78, 5) is 30.8. The Hall–Kier alpha value is -3.45. The third kappa shape index (κ3) is 4.52. The molecule has 0 saturated carbocycles. The number of carbonyl (C=O) groups excluding carboxylic acids is 1. The average molecular weight is 406 g/mol. The van der Waals surface area contributed by atoms with Gasteiger partial charge in [-0.2, -0.15) is 0 Å². The van der Waals surface area contributed by atoms with Crippen molar-refractivity contribution in [2.45, 2.75) is 19.3 Å². The zero-order valence-electron chi connectivity index (χ0n) is 15.4. The molecule has 0 atom stereocenters. The van der Waals surface area contributed by atoms with Gasteiger partial charge in [0.05, 0.1) is 10.6 Å². The van der Waals surface area contributed by atoms with Gasteiger partial charge < -0.3 is 9.52 Å². The van der Waals surface area contributed by atoms with Crippen molar-refractivity contribution in [2.75, 3.05) is 0 Å². The summed E-state index contributed by atoms with van der Waals surface area (Å²) in [6, 6.07) is 16.8. The molecule has 146 valence electrons. The molecule has 0 bridgehead atoms. The number of aryl methyl sites for hydroxylation is 1. The predicted octanol–water partition coefficient (Wildman–Crippen LogP) is 4.20. The third-order valence-corrected chi connectivity index (χ3v) is 5.39. The quantitative estimate of drug-likeness (QED) is 0.448. The number of hydrogen-bond acceptors (Lipinski definition) is 6. The molecule has 2 N–H and O–H groups in total. The van der Waals surface area contributed by atoms with E-state index in [9.17, 15) is 14.7 Å². The molecule has 2 aromatic heterocycles. The standard InChI is InChI=1S/C22H18N2O4S/c25-18(11-10-17-13-28-21(23-17)16-4-2-1-3-5-16)15-8-6-14(7-9-15)12-19-20(26)24-22(27)29-19/h1-9,13,26H,10-12H2,(H,24,27). The van der Waals surface area contributed by atoms with Crippen molar-refractivity contribution in [3.05, 3.63) is 92.2 Å². The van der Waals surface area contributed by atoms with Crippen molar-refractivity contribution in [1.82, 2.24) is 9.97 Å². The molecular weight excluding hydrogens is 388 g/mol. The maximum absolute atomic E-state index is 12.5. The van der Waals surface area contributed by atoms with Gasteiger partial charge in [-0.05, 0) is 17.7 Å². The Morgan fingerprint density at radius 1 is 1.10 bits per heavy atom. The number of thiazole rings is 1. The van der Waals surface area contributed by atoms with Crippen LogP contribution in [0.15, 0.2) is 70.1 Å². The minimum Gasteiger partial charge on any atom is -0.494 e. The Morgan fingerprint density at radius 2 is 1.86 bits per heavy atom. The molecule has 0 radical (unpaired) electrons. The first-order valence-corrected chi connectivity index (χ1v) is 9.93. The number of ketones is 1. The number of aromatic amines is 1. The molecule has 4 rings (SSSR count). The predicted molar refractivity (Wildman–Crippen MR) is 110 cm³/mol. The average Bonchev–Trinajstić information content (AvgIpc) is 3.33. The number of Topliss-reactive ketones (excluding diaryl/α,β-unsaturated/α-hetero) is 1. The van der Waals surface area contributed by atoms with E-state index in [1.165, 1.54) is 0 Å². The number of aromatic nitrogens is 2. The number of aromatic hydroxyl groups is 1. The van der Waals surface area contributed by atoms with E-state index in [1.54, 1.807) is 18.4 Å². The normalized spacial score (nSPS) is 10.9. The third-order valence-electron chi connectivity index (χ3n) is 4.52. The minimum atomic E-state index is -0.285. The molecular formula is C22H18N2O4S. The van der Waals surface area contributed by atoms with Crippen molar-refractivity contribution in [3.8, 4) is 17.3 Å². The maximum Gasteiger partial charge on any atom is 0.307 e. The second-order valence-electron chi connectivity index (χ2n) is 6.59. The highest BCUT2D eigenvalue weighted by molar-refractivity contribution is 7.09. The van der Waals surface area contributed by atoms with E-state index in [4.69, 9.17) is 4.42 Å². The molecule has 0 amide bonds. The van der Waals surface area contributed by atoms with Gasteiger partial charge in [-0.3, -0.25) is 14.6 Å². The number of H-pyrrole nitrogens is 1. The molecule has 2 heterocycles. The zero-order valence-corrected chi connectivity index (χ0v) is 16.2. The number of nitrogens with one attached hydrogen (secondary N) is 1. The summed E-state index contributed by atoms with van der Waals surface area (Å²) in [5.74, 6) is 0.477. The van der Waals surface area contributed by atoms with Gasteiger partial charge in [0.15, 0.2) is 5.78 Å². The van der Waals surface area contributed by atoms with E-state index in [-0.39, 0.29) is 16.5 Å². The van der Waals surface area contributed by atoms with Crippen LogP contribution >= 0.6 is 11.3 Å². The molecule has 0 aliphatic heterocycles. The number of oxazole rings is 1. The molecule has 0 aliphatic carbocycles. The first kappa shape index (κ1) is 18.9. The second-order valence-corrected chi connectivity index (χ2v) is 7.66. The maximum atomic E-state index is 12.5. The lowest BCUT2D eigenvalue weighted by Crippen LogP contribution is -2.01. The van der Waals surface area contributed by atoms with E-state index in [0.717, 1.165) is 28.2 Å². The van der Waals surface area contributed by atoms with Gasteiger partial charge in [-0.25, -0.2) is 4.98 Å². The van der Waals surface area contributed by atoms with Crippen LogP contribution in [-0.2, 0) is 12.8 Å². The number of benzene rings is 2. The van der Waals surface area contributed by atoms with Gasteiger partial charge in [0.25, 0.3) is 0 Å². The SMILES string of the molecule is O=C(CCc1coc(-c2ccccc2)n1)c1ccc(Cc2sc(=O)[nH]c2O)cc1. The highest BCUT2D eigenvalue weighted by Gasteiger charge is 2.12. The van der Waals surface area contributed by atoms with Gasteiger partial charge in [-0.15, -0.1) is 0 Å². The second kappa shape index (κ2) is 8.28. The van der Waals surface area contributed by atoms with Crippen molar-refractivity contribution in [2.24, 2.45) is 0 Å². The monoisotopic (exact) mass is 406 g/mol. The first-order chi connectivity index (χ1) is 14.1. The Kier molecular flexibility index (Phi) is 5.39. The lowest BCUT2D eigenvalue weighted by molar-refractivity contribution is 0.0982. The fourth-order valence-corrected chi connectivity index (χ4v) is 3.74. The minimum absolute atomic E-state index is 0.0231. The van der Waals surface area contributed by atoms with Gasteiger partial charge in [0.2, 0.25) is 11.8 Å². The smallest absolute Gasteiger partial charge is 0.307 e. The van der Waals surface area contributed by atoms with Gasteiger partial charge in [0, 0.05) is 30.4 Å². The van der Waals surface area contributed by atoms with E-state index in [1.807, 2.05) is 42.5 Å². The summed E-state index contributed by atoms with van der Waals surface area (Å²) in [6.07, 6.45) is 2.86. The molecule has 4 aromatic rings. The van der Waals surface area contributed by atoms with E-state index < -0.39 is 0 Å². The Bertz CT molecular complexity index is 1170. The summed E-state index contributed by atoms with van der Waals surface area (Å²) in [6.45, 7) is 0. The number of nitrogens with zero attached hydrogens (tertiary/aromatic N) is 1. The highest BCUT2D eigenvalue weighted by Crippen LogP contribution is 2.21. The van der Waals surface area contributed by atoms with Crippen LogP contribution in [0.3, 0.4) is 0 Å². The van der Waals surface area contributed by atoms with Crippen molar-refractivity contribution in [3.63, 3.8) is 0 Å². The van der Waals surface area contributed by atoms with Crippen molar-refractivity contribution in [1.29, 1.82) is 0 Å². The summed E-state index contributed by atoms with van der Waals surface area (Å²) >= 11 is 0.982. The van der Waals surface area contributed by atoms with Crippen LogP contribution in [0.25, 0.3) is 11.5 Å². The van der Waals surface area contributed by atoms with Crippen molar-refractivity contribution < 1.29 is 14.3 Å². The summed E-state index contributed by atoms with van der Waals surface area (Å²) < 4.78 is 5.51. The van der Waals surface area contributed by atoms with Crippen LogP contribution < -0.4 is 4.87 Å². The first-order valence-electron chi connectivity index (χ1n) is 9.11. The molecule has 0 spiro atoms. The molecule has 0 fully saturated rings. The molecule has 0 aliphatic rings. The number of carbonyl (C=O) groups is 1. The molecule has 7 heteroatoms. The van der Waals surface area contributed by atoms with Gasteiger partial charge in [0.1, 0.15) is 6.26 Å². The lowest BCUT2D eigenvalue weighted by atomic mass is 10.0.